The van der Waals surface area contributed by atoms with Gasteiger partial charge in [0.05, 0.1) is 12.7 Å². The molecule has 1 aliphatic rings. The van der Waals surface area contributed by atoms with Gasteiger partial charge in [0.2, 0.25) is 5.91 Å². The van der Waals surface area contributed by atoms with Gasteiger partial charge in [-0.25, -0.2) is 0 Å². The molecule has 0 radical (unpaired) electrons. The fourth-order valence-corrected chi connectivity index (χ4v) is 3.92. The van der Waals surface area contributed by atoms with Gasteiger partial charge in [-0.1, -0.05) is 29.8 Å². The summed E-state index contributed by atoms with van der Waals surface area (Å²) in [6.45, 7) is 4.06. The lowest BCUT2D eigenvalue weighted by molar-refractivity contribution is -0.128. The molecule has 1 fully saturated rings. The van der Waals surface area contributed by atoms with Crippen LogP contribution in [0.3, 0.4) is 0 Å². The van der Waals surface area contributed by atoms with E-state index < -0.39 is 0 Å². The van der Waals surface area contributed by atoms with E-state index in [1.165, 1.54) is 16.9 Å². The number of rotatable bonds is 7. The monoisotopic (exact) mass is 371 g/mol. The lowest BCUT2D eigenvalue weighted by atomic mass is 10.1. The van der Waals surface area contributed by atoms with E-state index in [4.69, 9.17) is 9.84 Å². The first-order chi connectivity index (χ1) is 12.6. The van der Waals surface area contributed by atoms with E-state index in [9.17, 15) is 4.79 Å². The molecule has 0 spiro atoms. The Hall–Kier alpha value is -1.95. The summed E-state index contributed by atoms with van der Waals surface area (Å²) in [7, 11) is 0. The molecule has 1 aromatic carbocycles. The molecule has 0 saturated carbocycles. The number of hydrogen-bond acceptors (Lipinski definition) is 4. The van der Waals surface area contributed by atoms with E-state index in [1.54, 1.807) is 6.08 Å². The number of carbonyl (C=O) groups is 1. The lowest BCUT2D eigenvalue weighted by Gasteiger charge is -2.24. The van der Waals surface area contributed by atoms with Crippen LogP contribution in [0.25, 0.3) is 6.08 Å². The van der Waals surface area contributed by atoms with E-state index in [2.05, 4.69) is 25.1 Å². The number of ether oxygens (including phenoxy) is 1. The summed E-state index contributed by atoms with van der Waals surface area (Å²) < 4.78 is 5.73. The average molecular weight is 372 g/mol. The Morgan fingerprint density at radius 1 is 1.38 bits per heavy atom. The Morgan fingerprint density at radius 3 is 2.96 bits per heavy atom. The molecule has 0 aliphatic carbocycles. The molecule has 5 heteroatoms. The van der Waals surface area contributed by atoms with Crippen molar-refractivity contribution in [3.63, 3.8) is 0 Å². The molecule has 26 heavy (non-hydrogen) atoms. The summed E-state index contributed by atoms with van der Waals surface area (Å²) in [5, 5.41) is 11.1. The van der Waals surface area contributed by atoms with Crippen LogP contribution in [0.2, 0.25) is 0 Å². The predicted octanol–water partition coefficient (Wildman–Crippen LogP) is 3.77. The van der Waals surface area contributed by atoms with Crippen LogP contribution in [-0.2, 0) is 22.7 Å². The maximum Gasteiger partial charge on any atom is 0.246 e. The Kier molecular flexibility index (Phi) is 6.61. The summed E-state index contributed by atoms with van der Waals surface area (Å²) in [5.74, 6) is -0.0130. The van der Waals surface area contributed by atoms with Gasteiger partial charge < -0.3 is 14.7 Å². The van der Waals surface area contributed by atoms with E-state index in [-0.39, 0.29) is 18.6 Å². The zero-order valence-corrected chi connectivity index (χ0v) is 15.9. The number of aliphatic hydroxyl groups is 1. The lowest BCUT2D eigenvalue weighted by Crippen LogP contribution is -2.35. The number of nitrogens with zero attached hydrogens (tertiary/aromatic N) is 1. The van der Waals surface area contributed by atoms with Gasteiger partial charge in [-0.2, -0.15) is 0 Å². The second-order valence-electron chi connectivity index (χ2n) is 6.69. The molecule has 1 aromatic heterocycles. The van der Waals surface area contributed by atoms with E-state index in [0.717, 1.165) is 35.5 Å². The number of aliphatic hydroxyl groups excluding tert-OH is 1. The van der Waals surface area contributed by atoms with E-state index >= 15 is 0 Å². The number of thiophene rings is 1. The van der Waals surface area contributed by atoms with Crippen molar-refractivity contribution in [3.8, 4) is 0 Å². The first-order valence-electron chi connectivity index (χ1n) is 8.96. The predicted molar refractivity (Wildman–Crippen MR) is 105 cm³/mol. The van der Waals surface area contributed by atoms with Crippen LogP contribution in [0.4, 0.5) is 0 Å². The third-order valence-corrected chi connectivity index (χ3v) is 5.41. The van der Waals surface area contributed by atoms with E-state index in [1.807, 2.05) is 28.5 Å². The molecule has 1 unspecified atom stereocenters. The van der Waals surface area contributed by atoms with Crippen molar-refractivity contribution in [1.82, 2.24) is 4.90 Å². The highest BCUT2D eigenvalue weighted by Crippen LogP contribution is 2.18. The standard InChI is InChI=1S/C21H25NO3S/c1-16-4-2-5-17(10-16)12-22(13-19-6-3-9-25-19)21(24)8-7-20-11-18(14-23)15-26-20/h2,4-5,7-8,10-11,15,19,23H,3,6,9,12-14H2,1H3. The molecule has 1 saturated heterocycles. The van der Waals surface area contributed by atoms with Crippen molar-refractivity contribution in [1.29, 1.82) is 0 Å². The molecule has 1 amide bonds. The molecule has 4 nitrogen and oxygen atoms in total. The quantitative estimate of drug-likeness (QED) is 0.754. The second kappa shape index (κ2) is 9.12. The largest absolute Gasteiger partial charge is 0.392 e. The zero-order chi connectivity index (χ0) is 18.4. The molecule has 1 aliphatic heterocycles. The number of benzene rings is 1. The van der Waals surface area contributed by atoms with Gasteiger partial charge in [-0.15, -0.1) is 11.3 Å². The van der Waals surface area contributed by atoms with Gasteiger partial charge in [-0.3, -0.25) is 4.79 Å². The van der Waals surface area contributed by atoms with Crippen molar-refractivity contribution < 1.29 is 14.6 Å². The molecular formula is C21H25NO3S. The highest BCUT2D eigenvalue weighted by molar-refractivity contribution is 7.11. The average Bonchev–Trinajstić information content (AvgIpc) is 3.30. The van der Waals surface area contributed by atoms with Gasteiger partial charge in [-0.05, 0) is 48.4 Å². The summed E-state index contributed by atoms with van der Waals surface area (Å²) in [6, 6.07) is 10.2. The number of amides is 1. The van der Waals surface area contributed by atoms with Gasteiger partial charge in [0.15, 0.2) is 0 Å². The van der Waals surface area contributed by atoms with Crippen LogP contribution in [0.5, 0.6) is 0 Å². The third-order valence-electron chi connectivity index (χ3n) is 4.46. The van der Waals surface area contributed by atoms with Crippen molar-refractivity contribution in [2.75, 3.05) is 13.2 Å². The van der Waals surface area contributed by atoms with Gasteiger partial charge in [0, 0.05) is 30.6 Å². The van der Waals surface area contributed by atoms with Crippen LogP contribution in [0.15, 0.2) is 41.8 Å². The van der Waals surface area contributed by atoms with Gasteiger partial charge in [0.1, 0.15) is 0 Å². The second-order valence-corrected chi connectivity index (χ2v) is 7.63. The molecule has 3 rings (SSSR count). The van der Waals surface area contributed by atoms with Crippen molar-refractivity contribution >= 4 is 23.3 Å². The Balaban J connectivity index is 1.71. The number of hydrogen-bond donors (Lipinski definition) is 1. The zero-order valence-electron chi connectivity index (χ0n) is 15.1. The highest BCUT2D eigenvalue weighted by Gasteiger charge is 2.21. The summed E-state index contributed by atoms with van der Waals surface area (Å²) in [4.78, 5) is 15.6. The normalized spacial score (nSPS) is 17.1. The first kappa shape index (κ1) is 18.8. The number of carbonyl (C=O) groups excluding carboxylic acids is 1. The summed E-state index contributed by atoms with van der Waals surface area (Å²) >= 11 is 1.52. The Bertz CT molecular complexity index is 762. The molecule has 0 bridgehead atoms. The Morgan fingerprint density at radius 2 is 2.27 bits per heavy atom. The third kappa shape index (κ3) is 5.27. The van der Waals surface area contributed by atoms with Crippen molar-refractivity contribution in [2.24, 2.45) is 0 Å². The fourth-order valence-electron chi connectivity index (χ4n) is 3.12. The summed E-state index contributed by atoms with van der Waals surface area (Å²) in [6.07, 6.45) is 5.64. The minimum Gasteiger partial charge on any atom is -0.392 e. The summed E-state index contributed by atoms with van der Waals surface area (Å²) in [5.41, 5.74) is 3.19. The van der Waals surface area contributed by atoms with E-state index in [0.29, 0.717) is 13.1 Å². The van der Waals surface area contributed by atoms with Crippen LogP contribution >= 0.6 is 11.3 Å². The van der Waals surface area contributed by atoms with Crippen LogP contribution in [0, 0.1) is 6.92 Å². The smallest absolute Gasteiger partial charge is 0.246 e. The molecule has 2 heterocycles. The van der Waals surface area contributed by atoms with Gasteiger partial charge >= 0.3 is 0 Å². The molecule has 1 N–H and O–H groups in total. The Labute approximate surface area is 158 Å². The number of aryl methyl sites for hydroxylation is 1. The minimum absolute atomic E-state index is 0.0130. The maximum atomic E-state index is 12.8. The van der Waals surface area contributed by atoms with Crippen LogP contribution in [-0.4, -0.2) is 35.2 Å². The molecular weight excluding hydrogens is 346 g/mol. The highest BCUT2D eigenvalue weighted by atomic mass is 32.1. The molecule has 138 valence electrons. The minimum atomic E-state index is -0.0130. The first-order valence-corrected chi connectivity index (χ1v) is 9.84. The maximum absolute atomic E-state index is 12.8. The SMILES string of the molecule is Cc1cccc(CN(CC2CCCO2)C(=O)C=Cc2cc(CO)cs2)c1. The van der Waals surface area contributed by atoms with Gasteiger partial charge in [0.25, 0.3) is 0 Å². The van der Waals surface area contributed by atoms with Crippen LogP contribution in [0.1, 0.15) is 34.4 Å². The van der Waals surface area contributed by atoms with Crippen molar-refractivity contribution in [3.05, 3.63) is 63.4 Å². The topological polar surface area (TPSA) is 49.8 Å². The van der Waals surface area contributed by atoms with Crippen LogP contribution < -0.4 is 0 Å². The molecule has 1 atom stereocenters. The van der Waals surface area contributed by atoms with Crippen molar-refractivity contribution in [2.45, 2.75) is 39.0 Å². The fraction of sp³-hybridized carbons (Fsp3) is 0.381. The molecule has 2 aromatic rings.